The Hall–Kier alpha value is -2.67. The monoisotopic (exact) mass is 444 g/mol. The molecule has 2 aromatic rings. The number of aryl methyl sites for hydroxylation is 1. The van der Waals surface area contributed by atoms with Crippen LogP contribution in [0.3, 0.4) is 0 Å². The summed E-state index contributed by atoms with van der Waals surface area (Å²) in [5.74, 6) is -0.857. The molecule has 0 atom stereocenters. The molecule has 0 spiro atoms. The summed E-state index contributed by atoms with van der Waals surface area (Å²) < 4.78 is 39.0. The molecule has 11 nitrogen and oxygen atoms in total. The third kappa shape index (κ3) is 4.05. The lowest BCUT2D eigenvalue weighted by Gasteiger charge is -2.08. The van der Waals surface area contributed by atoms with E-state index in [2.05, 4.69) is 9.84 Å². The second-order valence-electron chi connectivity index (χ2n) is 6.68. The number of esters is 1. The van der Waals surface area contributed by atoms with Crippen molar-refractivity contribution in [2.75, 3.05) is 7.11 Å². The van der Waals surface area contributed by atoms with Crippen molar-refractivity contribution in [2.24, 2.45) is 0 Å². The molecule has 1 amide bonds. The molecule has 2 heterocycles. The van der Waals surface area contributed by atoms with Gasteiger partial charge >= 0.3 is 23.7 Å². The predicted molar refractivity (Wildman–Crippen MR) is 102 cm³/mol. The summed E-state index contributed by atoms with van der Waals surface area (Å²) in [6.45, 7) is 4.95. The van der Waals surface area contributed by atoms with Gasteiger partial charge in [-0.05, 0) is 33.6 Å². The normalized spacial score (nSPS) is 14.1. The number of methoxy groups -OCH3 is 1. The zero-order valence-electron chi connectivity index (χ0n) is 16.2. The second-order valence-corrected chi connectivity index (χ2v) is 9.38. The van der Waals surface area contributed by atoms with E-state index in [-0.39, 0.29) is 33.5 Å². The standard InChI is InChI=1S/C16H20N4O7S2/c1-8(2)27-15-17-20(16(23)19(15)10-5-6-10)14(22)18-29(24,25)12-9(3)28-7-11(12)13(21)26-4/h7-8,10H,5-6H2,1-4H3,(H,18,22). The molecule has 3 rings (SSSR count). The highest BCUT2D eigenvalue weighted by atomic mass is 32.2. The van der Waals surface area contributed by atoms with Crippen LogP contribution < -0.4 is 15.1 Å². The maximum Gasteiger partial charge on any atom is 0.360 e. The fourth-order valence-corrected chi connectivity index (χ4v) is 5.17. The van der Waals surface area contributed by atoms with Gasteiger partial charge in [-0.1, -0.05) is 0 Å². The molecule has 13 heteroatoms. The van der Waals surface area contributed by atoms with Crippen molar-refractivity contribution in [3.05, 3.63) is 26.3 Å². The first kappa shape index (κ1) is 21.0. The van der Waals surface area contributed by atoms with Crippen LogP contribution >= 0.6 is 11.3 Å². The van der Waals surface area contributed by atoms with Gasteiger partial charge in [-0.15, -0.1) is 21.1 Å². The van der Waals surface area contributed by atoms with Gasteiger partial charge in [0, 0.05) is 16.3 Å². The van der Waals surface area contributed by atoms with E-state index < -0.39 is 27.7 Å². The molecule has 158 valence electrons. The molecule has 29 heavy (non-hydrogen) atoms. The van der Waals surface area contributed by atoms with Crippen molar-refractivity contribution >= 4 is 33.4 Å². The Kier molecular flexibility index (Phi) is 5.54. The van der Waals surface area contributed by atoms with E-state index in [0.29, 0.717) is 4.68 Å². The summed E-state index contributed by atoms with van der Waals surface area (Å²) in [6.07, 6.45) is 1.17. The SMILES string of the molecule is COC(=O)c1csc(C)c1S(=O)(=O)NC(=O)n1nc(OC(C)C)n(C2CC2)c1=O. The molecule has 2 aromatic heterocycles. The number of nitrogens with zero attached hydrogens (tertiary/aromatic N) is 3. The smallest absolute Gasteiger partial charge is 0.360 e. The Morgan fingerprint density at radius 1 is 1.34 bits per heavy atom. The first-order valence-electron chi connectivity index (χ1n) is 8.68. The molecule has 1 aliphatic carbocycles. The molecule has 0 radical (unpaired) electrons. The van der Waals surface area contributed by atoms with E-state index in [9.17, 15) is 22.8 Å². The maximum atomic E-state index is 12.8. The van der Waals surface area contributed by atoms with E-state index in [1.807, 2.05) is 0 Å². The first-order chi connectivity index (χ1) is 13.6. The molecular weight excluding hydrogens is 424 g/mol. The Labute approximate surface area is 170 Å². The van der Waals surface area contributed by atoms with Crippen LogP contribution in [0.1, 0.15) is 48.0 Å². The minimum absolute atomic E-state index is 0.0537. The minimum atomic E-state index is -4.47. The molecule has 1 aliphatic rings. The number of carbonyl (C=O) groups excluding carboxylic acids is 2. The van der Waals surface area contributed by atoms with Crippen LogP contribution in [-0.2, 0) is 14.8 Å². The highest BCUT2D eigenvalue weighted by Gasteiger charge is 2.34. The summed E-state index contributed by atoms with van der Waals surface area (Å²) in [5, 5.41) is 5.17. The van der Waals surface area contributed by atoms with Gasteiger partial charge in [-0.3, -0.25) is 0 Å². The summed E-state index contributed by atoms with van der Waals surface area (Å²) in [6, 6.07) is -1.47. The van der Waals surface area contributed by atoms with Crippen LogP contribution in [0.2, 0.25) is 0 Å². The van der Waals surface area contributed by atoms with E-state index in [1.165, 1.54) is 16.9 Å². The maximum absolute atomic E-state index is 12.8. The quantitative estimate of drug-likeness (QED) is 0.657. The average molecular weight is 444 g/mol. The van der Waals surface area contributed by atoms with Crippen molar-refractivity contribution < 1.29 is 27.5 Å². The fourth-order valence-electron chi connectivity index (χ4n) is 2.67. The number of nitrogens with one attached hydrogen (secondary N) is 1. The summed E-state index contributed by atoms with van der Waals surface area (Å²) in [7, 11) is -3.35. The van der Waals surface area contributed by atoms with Gasteiger partial charge in [0.05, 0.1) is 18.8 Å². The van der Waals surface area contributed by atoms with Gasteiger partial charge < -0.3 is 9.47 Å². The van der Waals surface area contributed by atoms with Crippen molar-refractivity contribution in [1.82, 2.24) is 19.1 Å². The molecule has 0 unspecified atom stereocenters. The third-order valence-electron chi connectivity index (χ3n) is 4.04. The van der Waals surface area contributed by atoms with Crippen LogP contribution in [0.25, 0.3) is 0 Å². The zero-order chi connectivity index (χ0) is 21.5. The Morgan fingerprint density at radius 2 is 2.00 bits per heavy atom. The van der Waals surface area contributed by atoms with Crippen LogP contribution in [0.15, 0.2) is 15.1 Å². The molecule has 0 bridgehead atoms. The molecule has 1 fully saturated rings. The Bertz CT molecular complexity index is 1120. The highest BCUT2D eigenvalue weighted by molar-refractivity contribution is 7.90. The number of thiophene rings is 1. The van der Waals surface area contributed by atoms with E-state index in [1.54, 1.807) is 18.6 Å². The molecule has 0 saturated heterocycles. The van der Waals surface area contributed by atoms with Crippen LogP contribution in [-0.4, -0.2) is 48.0 Å². The Morgan fingerprint density at radius 3 is 2.55 bits per heavy atom. The van der Waals surface area contributed by atoms with Crippen LogP contribution in [0.4, 0.5) is 4.79 Å². The van der Waals surface area contributed by atoms with E-state index in [0.717, 1.165) is 31.3 Å². The largest absolute Gasteiger partial charge is 0.465 e. The summed E-state index contributed by atoms with van der Waals surface area (Å²) in [5.41, 5.74) is -0.999. The Balaban J connectivity index is 1.96. The van der Waals surface area contributed by atoms with Crippen molar-refractivity contribution in [3.8, 4) is 6.01 Å². The van der Waals surface area contributed by atoms with Crippen molar-refractivity contribution in [1.29, 1.82) is 0 Å². The molecular formula is C16H20N4O7S2. The van der Waals surface area contributed by atoms with Crippen LogP contribution in [0.5, 0.6) is 6.01 Å². The van der Waals surface area contributed by atoms with E-state index >= 15 is 0 Å². The van der Waals surface area contributed by atoms with Gasteiger partial charge in [0.25, 0.3) is 10.0 Å². The van der Waals surface area contributed by atoms with Crippen LogP contribution in [0, 0.1) is 6.92 Å². The van der Waals surface area contributed by atoms with Gasteiger partial charge in [0.15, 0.2) is 0 Å². The first-order valence-corrected chi connectivity index (χ1v) is 11.0. The number of carbonyl (C=O) groups is 2. The lowest BCUT2D eigenvalue weighted by atomic mass is 10.3. The predicted octanol–water partition coefficient (Wildman–Crippen LogP) is 1.27. The van der Waals surface area contributed by atoms with Gasteiger partial charge in [-0.2, -0.15) is 0 Å². The lowest BCUT2D eigenvalue weighted by Crippen LogP contribution is -2.41. The van der Waals surface area contributed by atoms with Gasteiger partial charge in [-0.25, -0.2) is 32.1 Å². The highest BCUT2D eigenvalue weighted by Crippen LogP contribution is 2.36. The van der Waals surface area contributed by atoms with Gasteiger partial charge in [0.2, 0.25) is 0 Å². The number of sulfonamides is 1. The van der Waals surface area contributed by atoms with Crippen molar-refractivity contribution in [3.63, 3.8) is 0 Å². The fraction of sp³-hybridized carbons (Fsp3) is 0.500. The zero-order valence-corrected chi connectivity index (χ0v) is 17.8. The number of rotatable bonds is 6. The number of hydrogen-bond acceptors (Lipinski definition) is 9. The average Bonchev–Trinajstić information content (AvgIpc) is 3.29. The molecule has 0 aromatic carbocycles. The molecule has 0 aliphatic heterocycles. The molecule has 1 N–H and O–H groups in total. The summed E-state index contributed by atoms with van der Waals surface area (Å²) in [4.78, 5) is 36.9. The molecule has 1 saturated carbocycles. The van der Waals surface area contributed by atoms with E-state index in [4.69, 9.17) is 4.74 Å². The second kappa shape index (κ2) is 7.63. The lowest BCUT2D eigenvalue weighted by molar-refractivity contribution is 0.0597. The third-order valence-corrected chi connectivity index (χ3v) is 6.59. The number of amides is 1. The number of ether oxygens (including phenoxy) is 2. The number of aromatic nitrogens is 3. The van der Waals surface area contributed by atoms with Crippen molar-refractivity contribution in [2.45, 2.75) is 50.7 Å². The number of hydrogen-bond donors (Lipinski definition) is 1. The topological polar surface area (TPSA) is 139 Å². The minimum Gasteiger partial charge on any atom is -0.465 e. The van der Waals surface area contributed by atoms with Gasteiger partial charge in [0.1, 0.15) is 4.90 Å². The summed E-state index contributed by atoms with van der Waals surface area (Å²) >= 11 is 1.01.